The van der Waals surface area contributed by atoms with Crippen LogP contribution in [0.15, 0.2) is 15.7 Å². The van der Waals surface area contributed by atoms with Crippen molar-refractivity contribution in [3.05, 3.63) is 30.6 Å². The van der Waals surface area contributed by atoms with Gasteiger partial charge in [-0.3, -0.25) is 14.3 Å². The van der Waals surface area contributed by atoms with Crippen molar-refractivity contribution in [1.29, 1.82) is 0 Å². The zero-order valence-electron chi connectivity index (χ0n) is 11.4. The van der Waals surface area contributed by atoms with Gasteiger partial charge in [0.2, 0.25) is 0 Å². The van der Waals surface area contributed by atoms with E-state index in [0.717, 1.165) is 0 Å². The average Bonchev–Trinajstić information content (AvgIpc) is 2.82. The van der Waals surface area contributed by atoms with Crippen LogP contribution in [0, 0.1) is 3.70 Å². The van der Waals surface area contributed by atoms with Gasteiger partial charge in [-0.25, -0.2) is 4.79 Å². The highest BCUT2D eigenvalue weighted by Crippen LogP contribution is 2.42. The SMILES string of the molecule is CC1(C)O[C@@H]2[C@H](O1)[C@@H](CO)O[C@H]2n1c(I)cc(=O)[nH]c1=O. The zero-order chi connectivity index (χ0) is 15.4. The molecule has 2 aliphatic heterocycles. The largest absolute Gasteiger partial charge is 0.394 e. The van der Waals surface area contributed by atoms with Gasteiger partial charge < -0.3 is 19.3 Å². The number of hydrogen-bond donors (Lipinski definition) is 2. The first-order valence-electron chi connectivity index (χ1n) is 6.46. The molecule has 2 aliphatic rings. The Hall–Kier alpha value is -0.750. The number of fused-ring (bicyclic) bond motifs is 1. The number of nitrogens with zero attached hydrogens (tertiary/aromatic N) is 1. The lowest BCUT2D eigenvalue weighted by Gasteiger charge is -2.24. The van der Waals surface area contributed by atoms with Crippen molar-refractivity contribution >= 4 is 22.6 Å². The molecule has 0 aromatic carbocycles. The van der Waals surface area contributed by atoms with Crippen molar-refractivity contribution in [3.8, 4) is 0 Å². The first kappa shape index (κ1) is 15.2. The van der Waals surface area contributed by atoms with Crippen LogP contribution in [0.5, 0.6) is 0 Å². The molecule has 0 saturated carbocycles. The Kier molecular flexibility index (Phi) is 3.72. The van der Waals surface area contributed by atoms with Gasteiger partial charge in [-0.05, 0) is 36.4 Å². The Morgan fingerprint density at radius 1 is 1.38 bits per heavy atom. The van der Waals surface area contributed by atoms with Gasteiger partial charge in [-0.1, -0.05) is 0 Å². The molecule has 3 heterocycles. The number of halogens is 1. The maximum absolute atomic E-state index is 12.1. The number of nitrogens with one attached hydrogen (secondary N) is 1. The van der Waals surface area contributed by atoms with Crippen LogP contribution in [0.25, 0.3) is 0 Å². The van der Waals surface area contributed by atoms with E-state index in [0.29, 0.717) is 3.70 Å². The number of aromatic amines is 1. The highest BCUT2D eigenvalue weighted by Gasteiger charge is 2.56. The maximum atomic E-state index is 12.1. The number of hydrogen-bond acceptors (Lipinski definition) is 6. The fraction of sp³-hybridized carbons (Fsp3) is 0.667. The van der Waals surface area contributed by atoms with E-state index in [1.807, 2.05) is 22.6 Å². The molecule has 0 aliphatic carbocycles. The first-order valence-corrected chi connectivity index (χ1v) is 7.53. The summed E-state index contributed by atoms with van der Waals surface area (Å²) < 4.78 is 19.0. The predicted octanol–water partition coefficient (Wildman–Crippen LogP) is -0.449. The second-order valence-corrected chi connectivity index (χ2v) is 6.55. The van der Waals surface area contributed by atoms with Crippen molar-refractivity contribution in [2.75, 3.05) is 6.61 Å². The molecule has 9 heteroatoms. The van der Waals surface area contributed by atoms with Gasteiger partial charge in [0.15, 0.2) is 12.0 Å². The third-order valence-corrected chi connectivity index (χ3v) is 4.32. The fourth-order valence-electron chi connectivity index (χ4n) is 2.73. The van der Waals surface area contributed by atoms with E-state index in [1.54, 1.807) is 13.8 Å². The van der Waals surface area contributed by atoms with Gasteiger partial charge in [-0.15, -0.1) is 0 Å². The van der Waals surface area contributed by atoms with E-state index in [-0.39, 0.29) is 6.61 Å². The Morgan fingerprint density at radius 3 is 2.67 bits per heavy atom. The molecule has 116 valence electrons. The molecule has 0 spiro atoms. The molecular weight excluding hydrogens is 395 g/mol. The molecule has 1 aromatic heterocycles. The molecule has 2 N–H and O–H groups in total. The third-order valence-electron chi connectivity index (χ3n) is 3.49. The van der Waals surface area contributed by atoms with Crippen LogP contribution >= 0.6 is 22.6 Å². The Morgan fingerprint density at radius 2 is 2.05 bits per heavy atom. The van der Waals surface area contributed by atoms with Gasteiger partial charge >= 0.3 is 5.69 Å². The summed E-state index contributed by atoms with van der Waals surface area (Å²) in [5.41, 5.74) is -1.06. The van der Waals surface area contributed by atoms with Crippen molar-refractivity contribution in [2.45, 2.75) is 44.2 Å². The van der Waals surface area contributed by atoms with E-state index in [4.69, 9.17) is 14.2 Å². The van der Waals surface area contributed by atoms with E-state index < -0.39 is 41.6 Å². The van der Waals surface area contributed by atoms with Crippen molar-refractivity contribution in [1.82, 2.24) is 9.55 Å². The summed E-state index contributed by atoms with van der Waals surface area (Å²) >= 11 is 1.89. The summed E-state index contributed by atoms with van der Waals surface area (Å²) in [7, 11) is 0. The van der Waals surface area contributed by atoms with E-state index in [9.17, 15) is 14.7 Å². The van der Waals surface area contributed by atoms with Gasteiger partial charge in [0, 0.05) is 6.07 Å². The fourth-order valence-corrected chi connectivity index (χ4v) is 3.50. The van der Waals surface area contributed by atoms with Crippen molar-refractivity contribution < 1.29 is 19.3 Å². The van der Waals surface area contributed by atoms with Gasteiger partial charge in [0.05, 0.1) is 10.3 Å². The molecule has 4 atom stereocenters. The molecule has 0 bridgehead atoms. The highest BCUT2D eigenvalue weighted by molar-refractivity contribution is 14.1. The molecule has 0 radical (unpaired) electrons. The smallest absolute Gasteiger partial charge is 0.331 e. The summed E-state index contributed by atoms with van der Waals surface area (Å²) in [5.74, 6) is -0.817. The monoisotopic (exact) mass is 410 g/mol. The number of rotatable bonds is 2. The normalized spacial score (nSPS) is 34.1. The summed E-state index contributed by atoms with van der Waals surface area (Å²) in [4.78, 5) is 25.6. The van der Waals surface area contributed by atoms with Crippen LogP contribution in [-0.4, -0.2) is 45.4 Å². The third kappa shape index (κ3) is 2.57. The summed E-state index contributed by atoms with van der Waals surface area (Å²) in [5, 5.41) is 9.42. The number of aliphatic hydroxyl groups is 1. The van der Waals surface area contributed by atoms with E-state index >= 15 is 0 Å². The van der Waals surface area contributed by atoms with E-state index in [1.165, 1.54) is 10.6 Å². The number of H-pyrrole nitrogens is 1. The second kappa shape index (κ2) is 5.16. The molecule has 2 fully saturated rings. The van der Waals surface area contributed by atoms with Crippen LogP contribution in [-0.2, 0) is 14.2 Å². The molecule has 8 nitrogen and oxygen atoms in total. The molecular formula is C12H15IN2O6. The molecule has 2 saturated heterocycles. The highest BCUT2D eigenvalue weighted by atomic mass is 127. The molecule has 1 aromatic rings. The lowest BCUT2D eigenvalue weighted by atomic mass is 10.1. The van der Waals surface area contributed by atoms with Gasteiger partial charge in [-0.2, -0.15) is 0 Å². The Bertz CT molecular complexity index is 668. The molecule has 21 heavy (non-hydrogen) atoms. The van der Waals surface area contributed by atoms with Gasteiger partial charge in [0.1, 0.15) is 18.3 Å². The quantitative estimate of drug-likeness (QED) is 0.506. The Labute approximate surface area is 133 Å². The topological polar surface area (TPSA) is 103 Å². The Balaban J connectivity index is 2.04. The lowest BCUT2D eigenvalue weighted by molar-refractivity contribution is -0.201. The van der Waals surface area contributed by atoms with Crippen LogP contribution in [0.3, 0.4) is 0 Å². The van der Waals surface area contributed by atoms with Crippen LogP contribution in [0.2, 0.25) is 0 Å². The van der Waals surface area contributed by atoms with Crippen LogP contribution in [0.1, 0.15) is 20.1 Å². The van der Waals surface area contributed by atoms with E-state index in [2.05, 4.69) is 4.98 Å². The standard InChI is InChI=1S/C12H15IN2O6/c1-12(2)20-8-5(4-16)19-10(9(8)21-12)15-6(13)3-7(17)14-11(15)18/h3,5,8-10,16H,4H2,1-2H3,(H,14,17,18)/t5-,8-,9-,10-/m1/s1. The maximum Gasteiger partial charge on any atom is 0.331 e. The molecule has 0 unspecified atom stereocenters. The summed E-state index contributed by atoms with van der Waals surface area (Å²) in [6.07, 6.45) is -2.35. The zero-order valence-corrected chi connectivity index (χ0v) is 13.6. The molecule has 0 amide bonds. The average molecular weight is 410 g/mol. The minimum absolute atomic E-state index is 0.244. The van der Waals surface area contributed by atoms with Crippen LogP contribution < -0.4 is 11.2 Å². The lowest BCUT2D eigenvalue weighted by Crippen LogP contribution is -2.39. The number of aliphatic hydroxyl groups excluding tert-OH is 1. The summed E-state index contributed by atoms with van der Waals surface area (Å²) in [6.45, 7) is 3.28. The summed E-state index contributed by atoms with van der Waals surface area (Å²) in [6, 6.07) is 1.30. The number of aromatic nitrogens is 2. The second-order valence-electron chi connectivity index (χ2n) is 5.44. The van der Waals surface area contributed by atoms with Crippen molar-refractivity contribution in [2.24, 2.45) is 0 Å². The van der Waals surface area contributed by atoms with Crippen molar-refractivity contribution in [3.63, 3.8) is 0 Å². The van der Waals surface area contributed by atoms with Crippen LogP contribution in [0.4, 0.5) is 0 Å². The van der Waals surface area contributed by atoms with Gasteiger partial charge in [0.25, 0.3) is 5.56 Å². The minimum Gasteiger partial charge on any atom is -0.394 e. The predicted molar refractivity (Wildman–Crippen MR) is 78.9 cm³/mol. The first-order chi connectivity index (χ1) is 9.82. The number of ether oxygens (including phenoxy) is 3. The molecule has 3 rings (SSSR count). The minimum atomic E-state index is -0.817.